The summed E-state index contributed by atoms with van der Waals surface area (Å²) in [6.07, 6.45) is 4.42. The molecule has 94 valence electrons. The van der Waals surface area contributed by atoms with E-state index < -0.39 is 0 Å². The first-order chi connectivity index (χ1) is 7.28. The third kappa shape index (κ3) is 4.54. The Hall–Kier alpha value is -0.530. The van der Waals surface area contributed by atoms with Crippen LogP contribution in [0.3, 0.4) is 0 Å². The predicted octanol–water partition coefficient (Wildman–Crippen LogP) is 3.79. The number of hydrogen-bond acceptors (Lipinski definition) is 2. The number of carbonyl (C=O) groups excluding carboxylic acids is 1. The van der Waals surface area contributed by atoms with E-state index in [1.54, 1.807) is 0 Å². The maximum atomic E-state index is 11.5. The minimum atomic E-state index is 0.0236. The Morgan fingerprint density at radius 2 is 2.06 bits per heavy atom. The van der Waals surface area contributed by atoms with Crippen molar-refractivity contribution >= 4 is 5.97 Å². The van der Waals surface area contributed by atoms with E-state index in [-0.39, 0.29) is 18.0 Å². The van der Waals surface area contributed by atoms with Crippen LogP contribution >= 0.6 is 0 Å². The average Bonchev–Trinajstić information content (AvgIpc) is 2.38. The third-order valence-corrected chi connectivity index (χ3v) is 3.24. The van der Waals surface area contributed by atoms with Crippen molar-refractivity contribution in [3.05, 3.63) is 0 Å². The molecule has 1 aliphatic rings. The van der Waals surface area contributed by atoms with Gasteiger partial charge in [-0.2, -0.15) is 0 Å². The van der Waals surface area contributed by atoms with Crippen molar-refractivity contribution in [1.29, 1.82) is 0 Å². The molecule has 0 aromatic carbocycles. The smallest absolute Gasteiger partial charge is 0.309 e. The summed E-state index contributed by atoms with van der Waals surface area (Å²) in [6, 6.07) is 0. The van der Waals surface area contributed by atoms with Crippen LogP contribution in [0, 0.1) is 17.3 Å². The molecule has 1 unspecified atom stereocenters. The predicted molar refractivity (Wildman–Crippen MR) is 66.1 cm³/mol. The Morgan fingerprint density at radius 3 is 2.50 bits per heavy atom. The lowest BCUT2D eigenvalue weighted by molar-refractivity contribution is -0.144. The van der Waals surface area contributed by atoms with Crippen LogP contribution in [-0.4, -0.2) is 12.1 Å². The van der Waals surface area contributed by atoms with E-state index in [0.29, 0.717) is 11.3 Å². The van der Waals surface area contributed by atoms with Gasteiger partial charge in [0.25, 0.3) is 0 Å². The molecule has 1 rings (SSSR count). The average molecular weight is 226 g/mol. The summed E-state index contributed by atoms with van der Waals surface area (Å²) in [4.78, 5) is 11.5. The highest BCUT2D eigenvalue weighted by Crippen LogP contribution is 2.31. The van der Waals surface area contributed by atoms with Crippen molar-refractivity contribution < 1.29 is 9.53 Å². The molecule has 1 saturated heterocycles. The maximum Gasteiger partial charge on any atom is 0.309 e. The van der Waals surface area contributed by atoms with Crippen LogP contribution < -0.4 is 0 Å². The molecular formula is C14H26O2. The summed E-state index contributed by atoms with van der Waals surface area (Å²) >= 11 is 0. The van der Waals surface area contributed by atoms with Crippen LogP contribution in [0.25, 0.3) is 0 Å². The molecule has 3 atom stereocenters. The summed E-state index contributed by atoms with van der Waals surface area (Å²) in [6.45, 7) is 11.1. The van der Waals surface area contributed by atoms with Crippen molar-refractivity contribution in [2.24, 2.45) is 17.3 Å². The fraction of sp³-hybridized carbons (Fsp3) is 0.929. The van der Waals surface area contributed by atoms with Crippen molar-refractivity contribution in [3.63, 3.8) is 0 Å². The SMILES string of the molecule is CC(CC[C@H]1C[C@@H](C)OC1=O)CC(C)(C)C. The van der Waals surface area contributed by atoms with E-state index >= 15 is 0 Å². The van der Waals surface area contributed by atoms with Crippen LogP contribution in [0.15, 0.2) is 0 Å². The largest absolute Gasteiger partial charge is 0.462 e. The number of rotatable bonds is 4. The summed E-state index contributed by atoms with van der Waals surface area (Å²) in [5, 5.41) is 0. The Kier molecular flexibility index (Phi) is 4.40. The first kappa shape index (κ1) is 13.5. The molecule has 1 heterocycles. The standard InChI is InChI=1S/C14H26O2/c1-10(9-14(3,4)5)6-7-12-8-11(2)16-13(12)15/h10-12H,6-9H2,1-5H3/t10?,11-,12+/m1/s1. The second kappa shape index (κ2) is 5.20. The Morgan fingerprint density at radius 1 is 1.44 bits per heavy atom. The van der Waals surface area contributed by atoms with E-state index in [2.05, 4.69) is 27.7 Å². The van der Waals surface area contributed by atoms with E-state index in [0.717, 1.165) is 19.3 Å². The van der Waals surface area contributed by atoms with Gasteiger partial charge in [0.15, 0.2) is 0 Å². The van der Waals surface area contributed by atoms with Crippen LogP contribution in [0.1, 0.15) is 60.3 Å². The first-order valence-electron chi connectivity index (χ1n) is 6.48. The Balaban J connectivity index is 2.27. The monoisotopic (exact) mass is 226 g/mol. The van der Waals surface area contributed by atoms with Crippen molar-refractivity contribution in [2.75, 3.05) is 0 Å². The highest BCUT2D eigenvalue weighted by molar-refractivity contribution is 5.74. The molecule has 0 aliphatic carbocycles. The van der Waals surface area contributed by atoms with Crippen LogP contribution in [0.5, 0.6) is 0 Å². The van der Waals surface area contributed by atoms with E-state index in [1.807, 2.05) is 6.92 Å². The zero-order valence-corrected chi connectivity index (χ0v) is 11.4. The Bertz CT molecular complexity index is 240. The molecular weight excluding hydrogens is 200 g/mol. The third-order valence-electron chi connectivity index (χ3n) is 3.24. The fourth-order valence-electron chi connectivity index (χ4n) is 2.71. The van der Waals surface area contributed by atoms with Gasteiger partial charge < -0.3 is 4.74 Å². The van der Waals surface area contributed by atoms with Gasteiger partial charge in [0.1, 0.15) is 0 Å². The number of hydrogen-bond donors (Lipinski definition) is 0. The van der Waals surface area contributed by atoms with Crippen molar-refractivity contribution in [2.45, 2.75) is 66.4 Å². The van der Waals surface area contributed by atoms with E-state index in [9.17, 15) is 4.79 Å². The molecule has 2 heteroatoms. The molecule has 0 aromatic heterocycles. The lowest BCUT2D eigenvalue weighted by Gasteiger charge is -2.23. The van der Waals surface area contributed by atoms with E-state index in [4.69, 9.17) is 4.74 Å². The molecule has 2 nitrogen and oxygen atoms in total. The first-order valence-corrected chi connectivity index (χ1v) is 6.48. The van der Waals surface area contributed by atoms with Crippen molar-refractivity contribution in [1.82, 2.24) is 0 Å². The molecule has 16 heavy (non-hydrogen) atoms. The summed E-state index contributed by atoms with van der Waals surface area (Å²) in [5.41, 5.74) is 0.392. The minimum absolute atomic E-state index is 0.0236. The van der Waals surface area contributed by atoms with Gasteiger partial charge in [-0.05, 0) is 43.9 Å². The molecule has 0 radical (unpaired) electrons. The molecule has 1 fully saturated rings. The van der Waals surface area contributed by atoms with Gasteiger partial charge in [0.05, 0.1) is 12.0 Å². The number of ether oxygens (including phenoxy) is 1. The van der Waals surface area contributed by atoms with Gasteiger partial charge in [0, 0.05) is 0 Å². The van der Waals surface area contributed by atoms with Gasteiger partial charge in [-0.25, -0.2) is 0 Å². The molecule has 0 N–H and O–H groups in total. The van der Waals surface area contributed by atoms with Gasteiger partial charge >= 0.3 is 5.97 Å². The van der Waals surface area contributed by atoms with Gasteiger partial charge in [0.2, 0.25) is 0 Å². The zero-order valence-electron chi connectivity index (χ0n) is 11.4. The molecule has 1 aliphatic heterocycles. The normalized spacial score (nSPS) is 27.9. The Labute approximate surface area is 99.8 Å². The maximum absolute atomic E-state index is 11.5. The lowest BCUT2D eigenvalue weighted by atomic mass is 9.82. The fourth-order valence-corrected chi connectivity index (χ4v) is 2.71. The second-order valence-corrected chi connectivity index (χ2v) is 6.63. The minimum Gasteiger partial charge on any atom is -0.462 e. The molecule has 0 aromatic rings. The number of esters is 1. The highest BCUT2D eigenvalue weighted by atomic mass is 16.5. The topological polar surface area (TPSA) is 26.3 Å². The molecule has 0 amide bonds. The lowest BCUT2D eigenvalue weighted by Crippen LogP contribution is -2.14. The highest BCUT2D eigenvalue weighted by Gasteiger charge is 2.31. The summed E-state index contributed by atoms with van der Waals surface area (Å²) in [7, 11) is 0. The summed E-state index contributed by atoms with van der Waals surface area (Å²) < 4.78 is 5.17. The number of carbonyl (C=O) groups is 1. The van der Waals surface area contributed by atoms with Crippen LogP contribution in [0.4, 0.5) is 0 Å². The zero-order chi connectivity index (χ0) is 12.3. The van der Waals surface area contributed by atoms with Gasteiger partial charge in [-0.1, -0.05) is 27.7 Å². The molecule has 0 spiro atoms. The van der Waals surface area contributed by atoms with Crippen molar-refractivity contribution in [3.8, 4) is 0 Å². The number of cyclic esters (lactones) is 1. The van der Waals surface area contributed by atoms with Gasteiger partial charge in [-0.3, -0.25) is 4.79 Å². The molecule has 0 saturated carbocycles. The van der Waals surface area contributed by atoms with Gasteiger partial charge in [-0.15, -0.1) is 0 Å². The second-order valence-electron chi connectivity index (χ2n) is 6.63. The van der Waals surface area contributed by atoms with E-state index in [1.165, 1.54) is 6.42 Å². The summed E-state index contributed by atoms with van der Waals surface area (Å²) in [5.74, 6) is 0.886. The van der Waals surface area contributed by atoms with Crippen LogP contribution in [0.2, 0.25) is 0 Å². The van der Waals surface area contributed by atoms with Crippen LogP contribution in [-0.2, 0) is 9.53 Å². The molecule has 0 bridgehead atoms. The quantitative estimate of drug-likeness (QED) is 0.682.